The number of rotatable bonds is 6. The topological polar surface area (TPSA) is 97.8 Å². The van der Waals surface area contributed by atoms with Crippen LogP contribution < -0.4 is 10.1 Å². The Morgan fingerprint density at radius 3 is 2.70 bits per heavy atom. The second-order valence-electron chi connectivity index (χ2n) is 5.88. The highest BCUT2D eigenvalue weighted by molar-refractivity contribution is 7.89. The molecule has 0 atom stereocenters. The van der Waals surface area contributed by atoms with Crippen molar-refractivity contribution in [3.05, 3.63) is 53.9 Å². The number of ether oxygens (including phenoxy) is 2. The summed E-state index contributed by atoms with van der Waals surface area (Å²) in [5, 5.41) is 2.74. The molecule has 8 nitrogen and oxygen atoms in total. The molecule has 3 rings (SSSR count). The van der Waals surface area contributed by atoms with Crippen LogP contribution in [0.5, 0.6) is 5.75 Å². The van der Waals surface area contributed by atoms with Gasteiger partial charge in [0.15, 0.2) is 0 Å². The lowest BCUT2D eigenvalue weighted by Gasteiger charge is -2.26. The molecule has 144 valence electrons. The smallest absolute Gasteiger partial charge is 0.255 e. The summed E-state index contributed by atoms with van der Waals surface area (Å²) in [4.78, 5) is 16.8. The number of carbonyl (C=O) groups is 1. The molecule has 1 amide bonds. The summed E-state index contributed by atoms with van der Waals surface area (Å²) in [7, 11) is -2.27. The lowest BCUT2D eigenvalue weighted by Crippen LogP contribution is -2.40. The molecule has 27 heavy (non-hydrogen) atoms. The van der Waals surface area contributed by atoms with Gasteiger partial charge in [-0.2, -0.15) is 4.31 Å². The van der Waals surface area contributed by atoms with E-state index < -0.39 is 15.9 Å². The van der Waals surface area contributed by atoms with E-state index in [1.807, 2.05) is 6.07 Å². The minimum Gasteiger partial charge on any atom is -0.496 e. The van der Waals surface area contributed by atoms with E-state index in [9.17, 15) is 13.2 Å². The molecule has 1 aromatic heterocycles. The average Bonchev–Trinajstić information content (AvgIpc) is 2.73. The number of carbonyl (C=O) groups excluding carboxylic acids is 1. The fraction of sp³-hybridized carbons (Fsp3) is 0.333. The number of morpholine rings is 1. The van der Waals surface area contributed by atoms with Gasteiger partial charge in [0.05, 0.1) is 43.0 Å². The van der Waals surface area contributed by atoms with Crippen LogP contribution in [0.25, 0.3) is 0 Å². The standard InChI is InChI=1S/C18H21N3O5S/c1-25-17-6-5-15(27(23,24)21-8-10-26-11-9-21)12-16(17)18(22)20-13-14-4-2-3-7-19-14/h2-7,12H,8-11,13H2,1H3,(H,20,22). The summed E-state index contributed by atoms with van der Waals surface area (Å²) < 4.78 is 37.4. The number of aromatic nitrogens is 1. The van der Waals surface area contributed by atoms with Crippen molar-refractivity contribution < 1.29 is 22.7 Å². The number of benzene rings is 1. The van der Waals surface area contributed by atoms with Gasteiger partial charge in [0, 0.05) is 19.3 Å². The molecule has 1 saturated heterocycles. The van der Waals surface area contributed by atoms with Crippen molar-refractivity contribution >= 4 is 15.9 Å². The van der Waals surface area contributed by atoms with Crippen LogP contribution in [0.4, 0.5) is 0 Å². The molecular formula is C18H21N3O5S. The van der Waals surface area contributed by atoms with Crippen molar-refractivity contribution in [1.29, 1.82) is 0 Å². The Morgan fingerprint density at radius 1 is 1.26 bits per heavy atom. The minimum atomic E-state index is -3.70. The summed E-state index contributed by atoms with van der Waals surface area (Å²) in [6.07, 6.45) is 1.64. The average molecular weight is 391 g/mol. The monoisotopic (exact) mass is 391 g/mol. The molecule has 1 fully saturated rings. The number of hydrogen-bond donors (Lipinski definition) is 1. The van der Waals surface area contributed by atoms with E-state index in [0.717, 1.165) is 0 Å². The van der Waals surface area contributed by atoms with Crippen molar-refractivity contribution in [2.75, 3.05) is 33.4 Å². The van der Waals surface area contributed by atoms with Crippen LogP contribution >= 0.6 is 0 Å². The van der Waals surface area contributed by atoms with Crippen LogP contribution in [-0.2, 0) is 21.3 Å². The van der Waals surface area contributed by atoms with Crippen molar-refractivity contribution in [2.24, 2.45) is 0 Å². The third-order valence-corrected chi connectivity index (χ3v) is 6.07. The molecule has 1 aliphatic heterocycles. The van der Waals surface area contributed by atoms with Gasteiger partial charge in [0.25, 0.3) is 5.91 Å². The SMILES string of the molecule is COc1ccc(S(=O)(=O)N2CCOCC2)cc1C(=O)NCc1ccccn1. The van der Waals surface area contributed by atoms with Crippen LogP contribution in [0.2, 0.25) is 0 Å². The normalized spacial score (nSPS) is 15.3. The number of pyridine rings is 1. The van der Waals surface area contributed by atoms with E-state index in [2.05, 4.69) is 10.3 Å². The first-order chi connectivity index (χ1) is 13.0. The first-order valence-corrected chi connectivity index (χ1v) is 9.90. The van der Waals surface area contributed by atoms with Crippen LogP contribution in [0.15, 0.2) is 47.5 Å². The number of hydrogen-bond acceptors (Lipinski definition) is 6. The number of sulfonamides is 1. The second-order valence-corrected chi connectivity index (χ2v) is 7.82. The van der Waals surface area contributed by atoms with E-state index in [4.69, 9.17) is 9.47 Å². The summed E-state index contributed by atoms with van der Waals surface area (Å²) in [6, 6.07) is 9.68. The van der Waals surface area contributed by atoms with E-state index in [0.29, 0.717) is 24.7 Å². The van der Waals surface area contributed by atoms with Gasteiger partial charge in [0.2, 0.25) is 10.0 Å². The molecule has 2 aromatic rings. The van der Waals surface area contributed by atoms with Gasteiger partial charge >= 0.3 is 0 Å². The van der Waals surface area contributed by atoms with Crippen LogP contribution in [0, 0.1) is 0 Å². The Labute approximate surface area is 158 Å². The van der Waals surface area contributed by atoms with Gasteiger partial charge in [-0.15, -0.1) is 0 Å². The second kappa shape index (κ2) is 8.47. The van der Waals surface area contributed by atoms with Crippen molar-refractivity contribution in [3.63, 3.8) is 0 Å². The minimum absolute atomic E-state index is 0.0492. The quantitative estimate of drug-likeness (QED) is 0.790. The largest absolute Gasteiger partial charge is 0.496 e. The molecular weight excluding hydrogens is 370 g/mol. The Hall–Kier alpha value is -2.49. The number of nitrogens with zero attached hydrogens (tertiary/aromatic N) is 2. The molecule has 9 heteroatoms. The molecule has 0 bridgehead atoms. The zero-order valence-electron chi connectivity index (χ0n) is 14.9. The van der Waals surface area contributed by atoms with Crippen molar-refractivity contribution in [3.8, 4) is 5.75 Å². The molecule has 0 saturated carbocycles. The Kier molecular flexibility index (Phi) is 6.04. The molecule has 0 radical (unpaired) electrons. The zero-order valence-corrected chi connectivity index (χ0v) is 15.7. The van der Waals surface area contributed by atoms with E-state index in [-0.39, 0.29) is 30.1 Å². The fourth-order valence-electron chi connectivity index (χ4n) is 2.73. The first kappa shape index (κ1) is 19.3. The summed E-state index contributed by atoms with van der Waals surface area (Å²) in [6.45, 7) is 1.51. The lowest BCUT2D eigenvalue weighted by molar-refractivity contribution is 0.0730. The summed E-state index contributed by atoms with van der Waals surface area (Å²) in [5.74, 6) is -0.133. The lowest BCUT2D eigenvalue weighted by atomic mass is 10.2. The fourth-order valence-corrected chi connectivity index (χ4v) is 4.16. The van der Waals surface area contributed by atoms with E-state index in [1.54, 1.807) is 18.3 Å². The highest BCUT2D eigenvalue weighted by Crippen LogP contribution is 2.25. The number of methoxy groups -OCH3 is 1. The molecule has 1 aromatic carbocycles. The predicted octanol–water partition coefficient (Wildman–Crippen LogP) is 1.04. The maximum atomic E-state index is 12.8. The molecule has 1 N–H and O–H groups in total. The van der Waals surface area contributed by atoms with Crippen LogP contribution in [-0.4, -0.2) is 57.0 Å². The predicted molar refractivity (Wildman–Crippen MR) is 98.0 cm³/mol. The van der Waals surface area contributed by atoms with Gasteiger partial charge in [-0.25, -0.2) is 8.42 Å². The highest BCUT2D eigenvalue weighted by Gasteiger charge is 2.28. The molecule has 0 aliphatic carbocycles. The first-order valence-electron chi connectivity index (χ1n) is 8.46. The third-order valence-electron chi connectivity index (χ3n) is 4.18. The Bertz CT molecular complexity index is 896. The third kappa shape index (κ3) is 4.44. The van der Waals surface area contributed by atoms with Gasteiger partial charge < -0.3 is 14.8 Å². The summed E-state index contributed by atoms with van der Waals surface area (Å²) in [5.41, 5.74) is 0.852. The molecule has 0 spiro atoms. The summed E-state index contributed by atoms with van der Waals surface area (Å²) >= 11 is 0. The zero-order chi connectivity index (χ0) is 19.3. The molecule has 2 heterocycles. The van der Waals surface area contributed by atoms with Gasteiger partial charge in [-0.3, -0.25) is 9.78 Å². The Morgan fingerprint density at radius 2 is 2.04 bits per heavy atom. The molecule has 1 aliphatic rings. The number of nitrogens with one attached hydrogen (secondary N) is 1. The van der Waals surface area contributed by atoms with Crippen LogP contribution in [0.1, 0.15) is 16.1 Å². The van der Waals surface area contributed by atoms with Gasteiger partial charge in [-0.05, 0) is 30.3 Å². The maximum Gasteiger partial charge on any atom is 0.255 e. The highest BCUT2D eigenvalue weighted by atomic mass is 32.2. The van der Waals surface area contributed by atoms with Crippen LogP contribution in [0.3, 0.4) is 0 Å². The van der Waals surface area contributed by atoms with E-state index >= 15 is 0 Å². The maximum absolute atomic E-state index is 12.8. The Balaban J connectivity index is 1.83. The molecule has 0 unspecified atom stereocenters. The number of amides is 1. The van der Waals surface area contributed by atoms with Gasteiger partial charge in [0.1, 0.15) is 5.75 Å². The van der Waals surface area contributed by atoms with Crippen molar-refractivity contribution in [1.82, 2.24) is 14.6 Å². The van der Waals surface area contributed by atoms with Gasteiger partial charge in [-0.1, -0.05) is 6.07 Å². The van der Waals surface area contributed by atoms with Crippen molar-refractivity contribution in [2.45, 2.75) is 11.4 Å². The van der Waals surface area contributed by atoms with E-state index in [1.165, 1.54) is 29.6 Å².